The molecule has 0 radical (unpaired) electrons. The number of H-pyrrole nitrogens is 1. The van der Waals surface area contributed by atoms with Gasteiger partial charge in [0.05, 0.1) is 33.4 Å². The van der Waals surface area contributed by atoms with Gasteiger partial charge in [-0.25, -0.2) is 0 Å². The van der Waals surface area contributed by atoms with Crippen LogP contribution in [0.15, 0.2) is 46.2 Å². The summed E-state index contributed by atoms with van der Waals surface area (Å²) >= 11 is 1.18. The summed E-state index contributed by atoms with van der Waals surface area (Å²) in [7, 11) is -2.32. The zero-order valence-corrected chi connectivity index (χ0v) is 22.9. The summed E-state index contributed by atoms with van der Waals surface area (Å²) in [5, 5.41) is 21.1. The van der Waals surface area contributed by atoms with E-state index in [2.05, 4.69) is 38.8 Å². The molecule has 0 saturated carbocycles. The molecular formula is C25H28F3N3O3SSi. The van der Waals surface area contributed by atoms with Crippen molar-refractivity contribution in [2.24, 2.45) is 0 Å². The SMILES string of the molecule is CC(C)(O[Si](C)(C)C(C)(C)C)c1[nH]c2cc(C(F)(F)F)c(C#N)cc2c1Sc1cccc([N+](=O)[O-])c1. The van der Waals surface area contributed by atoms with Crippen molar-refractivity contribution in [3.8, 4) is 6.07 Å². The third-order valence-corrected chi connectivity index (χ3v) is 12.2. The highest BCUT2D eigenvalue weighted by atomic mass is 32.2. The van der Waals surface area contributed by atoms with E-state index >= 15 is 0 Å². The summed E-state index contributed by atoms with van der Waals surface area (Å²) < 4.78 is 47.7. The summed E-state index contributed by atoms with van der Waals surface area (Å²) in [4.78, 5) is 15.0. The summed E-state index contributed by atoms with van der Waals surface area (Å²) in [5.74, 6) is 0. The second kappa shape index (κ2) is 9.25. The number of nitrogens with one attached hydrogen (secondary N) is 1. The molecule has 0 amide bonds. The van der Waals surface area contributed by atoms with E-state index in [4.69, 9.17) is 4.43 Å². The molecule has 1 heterocycles. The number of hydrogen-bond donors (Lipinski definition) is 1. The van der Waals surface area contributed by atoms with Crippen molar-refractivity contribution in [2.75, 3.05) is 0 Å². The van der Waals surface area contributed by atoms with E-state index in [1.165, 1.54) is 30.0 Å². The van der Waals surface area contributed by atoms with Gasteiger partial charge >= 0.3 is 6.18 Å². The number of hydrogen-bond acceptors (Lipinski definition) is 5. The standard InChI is InChI=1S/C25H28F3N3O3SSi/c1-23(2,3)36(6,7)34-24(4,5)22-21(35-17-10-8-9-16(12-17)31(32)33)18-11-15(14-29)19(25(26,27)28)13-20(18)30-22/h8-13,30H,1-7H3. The molecule has 0 aliphatic heterocycles. The third-order valence-electron chi connectivity index (χ3n) is 6.48. The predicted octanol–water partition coefficient (Wildman–Crippen LogP) is 8.37. The molecule has 2 aromatic carbocycles. The Morgan fingerprint density at radius 3 is 2.28 bits per heavy atom. The van der Waals surface area contributed by atoms with Gasteiger partial charge in [0.1, 0.15) is 0 Å². The van der Waals surface area contributed by atoms with E-state index in [1.807, 2.05) is 13.8 Å². The second-order valence-corrected chi connectivity index (χ2v) is 16.4. The molecule has 0 unspecified atom stereocenters. The normalized spacial score (nSPS) is 13.1. The minimum Gasteiger partial charge on any atom is -0.406 e. The lowest BCUT2D eigenvalue weighted by molar-refractivity contribution is -0.385. The van der Waals surface area contributed by atoms with Crippen molar-refractivity contribution < 1.29 is 22.5 Å². The molecule has 0 aliphatic rings. The smallest absolute Gasteiger partial charge is 0.406 e. The highest BCUT2D eigenvalue weighted by Crippen LogP contribution is 2.47. The molecule has 3 rings (SSSR count). The number of nitro groups is 1. The van der Waals surface area contributed by atoms with E-state index in [0.717, 1.165) is 6.07 Å². The first-order valence-corrected chi connectivity index (χ1v) is 14.9. The zero-order valence-electron chi connectivity index (χ0n) is 21.1. The van der Waals surface area contributed by atoms with Crippen LogP contribution in [0.3, 0.4) is 0 Å². The predicted molar refractivity (Wildman–Crippen MR) is 137 cm³/mol. The van der Waals surface area contributed by atoms with Crippen molar-refractivity contribution in [1.82, 2.24) is 4.98 Å². The average Bonchev–Trinajstić information content (AvgIpc) is 3.09. The molecule has 0 saturated heterocycles. The Balaban J connectivity index is 2.29. The molecule has 0 aliphatic carbocycles. The van der Waals surface area contributed by atoms with Crippen LogP contribution in [0, 0.1) is 21.4 Å². The Labute approximate surface area is 213 Å². The average molecular weight is 536 g/mol. The molecule has 6 nitrogen and oxygen atoms in total. The number of fused-ring (bicyclic) bond motifs is 1. The number of alkyl halides is 3. The van der Waals surface area contributed by atoms with Crippen molar-refractivity contribution in [3.63, 3.8) is 0 Å². The molecular weight excluding hydrogens is 507 g/mol. The molecule has 0 fully saturated rings. The Bertz CT molecular complexity index is 1370. The Hall–Kier alpha value is -2.81. The van der Waals surface area contributed by atoms with Crippen molar-refractivity contribution in [2.45, 2.75) is 74.3 Å². The van der Waals surface area contributed by atoms with Crippen LogP contribution in [-0.2, 0) is 16.2 Å². The summed E-state index contributed by atoms with van der Waals surface area (Å²) in [6.45, 7) is 14.1. The molecule has 0 spiro atoms. The number of aromatic nitrogens is 1. The number of rotatable bonds is 6. The topological polar surface area (TPSA) is 92.0 Å². The summed E-state index contributed by atoms with van der Waals surface area (Å²) in [6, 6.07) is 9.84. The van der Waals surface area contributed by atoms with Crippen LogP contribution in [0.1, 0.15) is 51.4 Å². The number of benzene rings is 2. The van der Waals surface area contributed by atoms with Crippen LogP contribution in [0.4, 0.5) is 18.9 Å². The van der Waals surface area contributed by atoms with E-state index in [0.29, 0.717) is 20.9 Å². The first-order valence-electron chi connectivity index (χ1n) is 11.2. The van der Waals surface area contributed by atoms with E-state index < -0.39 is 36.1 Å². The minimum absolute atomic E-state index is 0.102. The van der Waals surface area contributed by atoms with Gasteiger partial charge in [-0.3, -0.25) is 10.1 Å². The lowest BCUT2D eigenvalue weighted by Crippen LogP contribution is -2.46. The Morgan fingerprint density at radius 1 is 1.11 bits per heavy atom. The number of nitrogens with zero attached hydrogens (tertiary/aromatic N) is 2. The van der Waals surface area contributed by atoms with E-state index in [9.17, 15) is 28.5 Å². The molecule has 0 bridgehead atoms. The van der Waals surface area contributed by atoms with Gasteiger partial charge in [-0.05, 0) is 50.2 Å². The fourth-order valence-corrected chi connectivity index (χ4v) is 6.62. The second-order valence-electron chi connectivity index (χ2n) is 10.6. The van der Waals surface area contributed by atoms with Gasteiger partial charge < -0.3 is 9.41 Å². The van der Waals surface area contributed by atoms with Crippen LogP contribution in [-0.4, -0.2) is 18.2 Å². The maximum absolute atomic E-state index is 13.7. The zero-order chi connectivity index (χ0) is 27.3. The Kier molecular flexibility index (Phi) is 7.13. The Morgan fingerprint density at radius 2 is 1.75 bits per heavy atom. The van der Waals surface area contributed by atoms with Gasteiger partial charge in [0.15, 0.2) is 8.32 Å². The number of halogens is 3. The van der Waals surface area contributed by atoms with Crippen LogP contribution in [0.25, 0.3) is 10.9 Å². The minimum atomic E-state index is -4.70. The number of nitro benzene ring substituents is 1. The molecule has 1 aromatic heterocycles. The van der Waals surface area contributed by atoms with Crippen LogP contribution < -0.4 is 0 Å². The van der Waals surface area contributed by atoms with E-state index in [1.54, 1.807) is 18.2 Å². The molecule has 36 heavy (non-hydrogen) atoms. The van der Waals surface area contributed by atoms with Crippen LogP contribution >= 0.6 is 11.8 Å². The van der Waals surface area contributed by atoms with Gasteiger partial charge in [0.2, 0.25) is 0 Å². The van der Waals surface area contributed by atoms with Crippen LogP contribution in [0.2, 0.25) is 18.1 Å². The maximum Gasteiger partial charge on any atom is 0.417 e. The molecule has 192 valence electrons. The molecule has 11 heteroatoms. The fraction of sp³-hybridized carbons (Fsp3) is 0.400. The molecule has 3 aromatic rings. The van der Waals surface area contributed by atoms with Crippen molar-refractivity contribution in [1.29, 1.82) is 5.26 Å². The van der Waals surface area contributed by atoms with Crippen molar-refractivity contribution >= 4 is 36.7 Å². The summed E-state index contributed by atoms with van der Waals surface area (Å²) in [6.07, 6.45) is -4.70. The monoisotopic (exact) mass is 535 g/mol. The molecule has 0 atom stereocenters. The fourth-order valence-electron chi connectivity index (χ4n) is 3.69. The van der Waals surface area contributed by atoms with Gasteiger partial charge in [-0.1, -0.05) is 38.6 Å². The maximum atomic E-state index is 13.7. The first-order chi connectivity index (χ1) is 16.4. The first kappa shape index (κ1) is 27.8. The highest BCUT2D eigenvalue weighted by molar-refractivity contribution is 7.99. The van der Waals surface area contributed by atoms with Crippen molar-refractivity contribution in [3.05, 3.63) is 63.3 Å². The highest BCUT2D eigenvalue weighted by Gasteiger charge is 2.43. The van der Waals surface area contributed by atoms with E-state index in [-0.39, 0.29) is 16.2 Å². The lowest BCUT2D eigenvalue weighted by atomic mass is 10.0. The van der Waals surface area contributed by atoms with Gasteiger partial charge in [-0.15, -0.1) is 0 Å². The number of non-ortho nitro benzene ring substituents is 1. The largest absolute Gasteiger partial charge is 0.417 e. The van der Waals surface area contributed by atoms with Crippen LogP contribution in [0.5, 0.6) is 0 Å². The van der Waals surface area contributed by atoms with Gasteiger partial charge in [0, 0.05) is 32.8 Å². The number of nitriles is 1. The quantitative estimate of drug-likeness (QED) is 0.194. The molecule has 1 N–H and O–H groups in total. The van der Waals surface area contributed by atoms with Gasteiger partial charge in [0.25, 0.3) is 5.69 Å². The third kappa shape index (κ3) is 5.45. The van der Waals surface area contributed by atoms with Gasteiger partial charge in [-0.2, -0.15) is 18.4 Å². The lowest BCUT2D eigenvalue weighted by Gasteiger charge is -2.42. The summed E-state index contributed by atoms with van der Waals surface area (Å²) in [5.41, 5.74) is -1.81. The number of aromatic amines is 1.